The largest absolute Gasteiger partial charge is 0.370 e. The van der Waals surface area contributed by atoms with E-state index in [0.717, 1.165) is 11.8 Å². The Kier molecular flexibility index (Phi) is 3.88. The second-order valence-electron chi connectivity index (χ2n) is 3.13. The van der Waals surface area contributed by atoms with Crippen LogP contribution in [-0.4, -0.2) is 39.6 Å². The summed E-state index contributed by atoms with van der Waals surface area (Å²) < 4.78 is 0. The van der Waals surface area contributed by atoms with Crippen LogP contribution in [0.5, 0.6) is 0 Å². The minimum absolute atomic E-state index is 0.0969. The van der Waals surface area contributed by atoms with E-state index in [9.17, 15) is 9.59 Å². The molecule has 1 unspecified atom stereocenters. The van der Waals surface area contributed by atoms with Crippen LogP contribution in [0.1, 0.15) is 13.3 Å². The van der Waals surface area contributed by atoms with Crippen LogP contribution in [0.4, 0.5) is 0 Å². The Morgan fingerprint density at radius 2 is 2.25 bits per heavy atom. The lowest BCUT2D eigenvalue weighted by Gasteiger charge is -2.10. The molecular weight excluding hydrogens is 230 g/mol. The highest BCUT2D eigenvalue weighted by molar-refractivity contribution is 8.14. The summed E-state index contributed by atoms with van der Waals surface area (Å²) in [6, 6.07) is 0. The van der Waals surface area contributed by atoms with Crippen molar-refractivity contribution in [1.82, 2.24) is 4.90 Å². The highest BCUT2D eigenvalue weighted by Crippen LogP contribution is 2.25. The van der Waals surface area contributed by atoms with Crippen LogP contribution in [-0.2, 0) is 9.59 Å². The van der Waals surface area contributed by atoms with Crippen LogP contribution >= 0.6 is 11.8 Å². The summed E-state index contributed by atoms with van der Waals surface area (Å²) in [6.07, 6.45) is 0.0969. The lowest BCUT2D eigenvalue weighted by atomic mass is 10.4. The predicted molar refractivity (Wildman–Crippen MR) is 61.9 cm³/mol. The van der Waals surface area contributed by atoms with Crippen LogP contribution in [0.2, 0.25) is 0 Å². The zero-order chi connectivity index (χ0) is 12.3. The van der Waals surface area contributed by atoms with Crippen LogP contribution in [0, 0.1) is 5.41 Å². The molecule has 2 amide bonds. The van der Waals surface area contributed by atoms with Crippen molar-refractivity contribution in [3.8, 4) is 0 Å². The molecule has 1 aliphatic heterocycles. The molecule has 16 heavy (non-hydrogen) atoms. The number of nitrogens with zero attached hydrogens (tertiary/aromatic N) is 2. The fraction of sp³-hybridized carbons (Fsp3) is 0.500. The van der Waals surface area contributed by atoms with Crippen molar-refractivity contribution in [3.63, 3.8) is 0 Å². The Labute approximate surface area is 96.8 Å². The van der Waals surface area contributed by atoms with E-state index in [1.165, 1.54) is 4.90 Å². The molecule has 1 rings (SSSR count). The zero-order valence-corrected chi connectivity index (χ0v) is 9.58. The molecule has 1 saturated heterocycles. The van der Waals surface area contributed by atoms with E-state index >= 15 is 0 Å². The van der Waals surface area contributed by atoms with Crippen molar-refractivity contribution in [2.24, 2.45) is 16.5 Å². The highest BCUT2D eigenvalue weighted by Gasteiger charge is 2.38. The van der Waals surface area contributed by atoms with Crippen molar-refractivity contribution < 1.29 is 9.59 Å². The number of rotatable bonds is 2. The molecule has 1 heterocycles. The topological polar surface area (TPSA) is 126 Å². The van der Waals surface area contributed by atoms with E-state index in [0.29, 0.717) is 6.54 Å². The van der Waals surface area contributed by atoms with Gasteiger partial charge in [0, 0.05) is 13.0 Å². The molecule has 88 valence electrons. The fourth-order valence-electron chi connectivity index (χ4n) is 1.36. The summed E-state index contributed by atoms with van der Waals surface area (Å²) in [5.74, 6) is -0.739. The van der Waals surface area contributed by atoms with Gasteiger partial charge in [0.2, 0.25) is 11.8 Å². The summed E-state index contributed by atoms with van der Waals surface area (Å²) in [5.41, 5.74) is 10.2. The first-order valence-electron chi connectivity index (χ1n) is 4.64. The standard InChI is InChI=1S/C8H13N5O2S/c1-2-13-5(14)3-4(6(13)15)16-8(11)12-7(9)10/h4H,2-3H2,1H3,(H5,9,10,11,12). The van der Waals surface area contributed by atoms with Crippen molar-refractivity contribution in [2.75, 3.05) is 6.54 Å². The van der Waals surface area contributed by atoms with Gasteiger partial charge in [-0.2, -0.15) is 4.99 Å². The van der Waals surface area contributed by atoms with E-state index < -0.39 is 5.25 Å². The Morgan fingerprint density at radius 1 is 1.62 bits per heavy atom. The molecule has 5 N–H and O–H groups in total. The van der Waals surface area contributed by atoms with E-state index in [4.69, 9.17) is 16.9 Å². The number of amides is 2. The number of carbonyl (C=O) groups is 2. The monoisotopic (exact) mass is 243 g/mol. The van der Waals surface area contributed by atoms with Gasteiger partial charge in [-0.25, -0.2) is 0 Å². The first-order chi connectivity index (χ1) is 7.45. The van der Waals surface area contributed by atoms with Crippen LogP contribution in [0.15, 0.2) is 4.99 Å². The summed E-state index contributed by atoms with van der Waals surface area (Å²) >= 11 is 0.890. The third-order valence-corrected chi connectivity index (χ3v) is 2.97. The molecule has 0 radical (unpaired) electrons. The van der Waals surface area contributed by atoms with Crippen LogP contribution < -0.4 is 11.5 Å². The molecule has 8 heteroatoms. The first-order valence-corrected chi connectivity index (χ1v) is 5.52. The molecule has 0 aromatic heterocycles. The Bertz CT molecular complexity index is 363. The minimum atomic E-state index is -0.581. The number of thioether (sulfide) groups is 1. The van der Waals surface area contributed by atoms with Gasteiger partial charge in [0.1, 0.15) is 5.25 Å². The third-order valence-electron chi connectivity index (χ3n) is 2.00. The van der Waals surface area contributed by atoms with E-state index in [2.05, 4.69) is 4.99 Å². The summed E-state index contributed by atoms with van der Waals surface area (Å²) in [5, 5.41) is 6.65. The van der Waals surface area contributed by atoms with Gasteiger partial charge in [0.15, 0.2) is 11.1 Å². The molecule has 0 aromatic carbocycles. The quantitative estimate of drug-likeness (QED) is 0.328. The van der Waals surface area contributed by atoms with Gasteiger partial charge in [-0.1, -0.05) is 11.8 Å². The predicted octanol–water partition coefficient (Wildman–Crippen LogP) is -0.925. The van der Waals surface area contributed by atoms with Gasteiger partial charge in [-0.15, -0.1) is 0 Å². The first kappa shape index (κ1) is 12.5. The van der Waals surface area contributed by atoms with Crippen molar-refractivity contribution >= 4 is 34.7 Å². The SMILES string of the molecule is CCN1C(=O)CC(SC(=N)N=C(N)N)C1=O. The average Bonchev–Trinajstić information content (AvgIpc) is 2.40. The molecule has 1 fully saturated rings. The smallest absolute Gasteiger partial charge is 0.243 e. The maximum absolute atomic E-state index is 11.6. The van der Waals surface area contributed by atoms with Crippen molar-refractivity contribution in [1.29, 1.82) is 5.41 Å². The summed E-state index contributed by atoms with van der Waals surface area (Å²) in [6.45, 7) is 2.08. The normalized spacial score (nSPS) is 20.1. The third kappa shape index (κ3) is 2.72. The lowest BCUT2D eigenvalue weighted by Crippen LogP contribution is -2.31. The molecular formula is C8H13N5O2S. The molecule has 7 nitrogen and oxygen atoms in total. The second-order valence-corrected chi connectivity index (χ2v) is 4.32. The molecule has 0 aromatic rings. The van der Waals surface area contributed by atoms with E-state index in [-0.39, 0.29) is 29.4 Å². The zero-order valence-electron chi connectivity index (χ0n) is 8.77. The van der Waals surface area contributed by atoms with Gasteiger partial charge in [-0.3, -0.25) is 19.9 Å². The lowest BCUT2D eigenvalue weighted by molar-refractivity contribution is -0.137. The molecule has 1 atom stereocenters. The number of hydrogen-bond acceptors (Lipinski definition) is 4. The van der Waals surface area contributed by atoms with Crippen molar-refractivity contribution in [3.05, 3.63) is 0 Å². The molecule has 0 saturated carbocycles. The van der Waals surface area contributed by atoms with Gasteiger partial charge in [-0.05, 0) is 6.92 Å². The second kappa shape index (κ2) is 4.97. The van der Waals surface area contributed by atoms with Crippen LogP contribution in [0.25, 0.3) is 0 Å². The number of hydrogen-bond donors (Lipinski definition) is 3. The maximum Gasteiger partial charge on any atom is 0.243 e. The number of nitrogens with one attached hydrogen (secondary N) is 1. The number of nitrogens with two attached hydrogens (primary N) is 2. The number of imide groups is 1. The number of aliphatic imine (C=N–C) groups is 1. The average molecular weight is 243 g/mol. The van der Waals surface area contributed by atoms with Gasteiger partial charge >= 0.3 is 0 Å². The molecule has 0 bridgehead atoms. The Morgan fingerprint density at radius 3 is 2.69 bits per heavy atom. The number of amidine groups is 1. The number of guanidine groups is 1. The van der Waals surface area contributed by atoms with Gasteiger partial charge in [0.05, 0.1) is 0 Å². The summed E-state index contributed by atoms with van der Waals surface area (Å²) in [4.78, 5) is 27.7. The van der Waals surface area contributed by atoms with Crippen molar-refractivity contribution in [2.45, 2.75) is 18.6 Å². The van der Waals surface area contributed by atoms with Gasteiger partial charge in [0.25, 0.3) is 0 Å². The highest BCUT2D eigenvalue weighted by atomic mass is 32.2. The molecule has 0 aliphatic carbocycles. The van der Waals surface area contributed by atoms with E-state index in [1.807, 2.05) is 0 Å². The van der Waals surface area contributed by atoms with E-state index in [1.54, 1.807) is 6.92 Å². The molecule has 0 spiro atoms. The number of carbonyl (C=O) groups excluding carboxylic acids is 2. The van der Waals surface area contributed by atoms with Gasteiger partial charge < -0.3 is 11.5 Å². The molecule has 1 aliphatic rings. The van der Waals surface area contributed by atoms with Crippen LogP contribution in [0.3, 0.4) is 0 Å². The fourth-order valence-corrected chi connectivity index (χ4v) is 2.24. The Hall–Kier alpha value is -1.57. The number of likely N-dealkylation sites (tertiary alicyclic amines) is 1. The maximum atomic E-state index is 11.6. The summed E-state index contributed by atoms with van der Waals surface area (Å²) in [7, 11) is 0. The Balaban J connectivity index is 2.64. The minimum Gasteiger partial charge on any atom is -0.370 e.